The summed E-state index contributed by atoms with van der Waals surface area (Å²) in [7, 11) is 0. The number of morpholine rings is 1. The fourth-order valence-corrected chi connectivity index (χ4v) is 3.74. The Morgan fingerprint density at radius 2 is 2.00 bits per heavy atom. The maximum Gasteiger partial charge on any atom is 0.255 e. The van der Waals surface area contributed by atoms with Crippen molar-refractivity contribution in [1.82, 2.24) is 24.4 Å². The molecule has 0 bridgehead atoms. The smallest absolute Gasteiger partial charge is 0.255 e. The van der Waals surface area contributed by atoms with Gasteiger partial charge >= 0.3 is 0 Å². The number of halogens is 1. The van der Waals surface area contributed by atoms with E-state index in [0.29, 0.717) is 43.0 Å². The second-order valence-electron chi connectivity index (χ2n) is 7.42. The van der Waals surface area contributed by atoms with Crippen molar-refractivity contribution in [2.45, 2.75) is 12.6 Å². The Bertz CT molecular complexity index is 1210. The predicted molar refractivity (Wildman–Crippen MR) is 112 cm³/mol. The van der Waals surface area contributed by atoms with Gasteiger partial charge in [-0.1, -0.05) is 18.2 Å². The number of ether oxygens (including phenoxy) is 1. The second kappa shape index (κ2) is 8.23. The molecule has 156 valence electrons. The minimum atomic E-state index is -0.297. The van der Waals surface area contributed by atoms with Crippen LogP contribution in [0.25, 0.3) is 11.2 Å². The molecule has 3 aromatic heterocycles. The minimum Gasteiger partial charge on any atom is -0.370 e. The first-order valence-corrected chi connectivity index (χ1v) is 10.0. The molecule has 1 aromatic carbocycles. The fraction of sp³-hybridized carbons (Fsp3) is 0.217. The fourth-order valence-electron chi connectivity index (χ4n) is 3.74. The van der Waals surface area contributed by atoms with E-state index in [2.05, 4.69) is 15.0 Å². The molecule has 5 rings (SSSR count). The Balaban J connectivity index is 1.34. The quantitative estimate of drug-likeness (QED) is 0.510. The third kappa shape index (κ3) is 4.02. The van der Waals surface area contributed by atoms with E-state index in [0.717, 1.165) is 11.3 Å². The zero-order valence-corrected chi connectivity index (χ0v) is 16.7. The summed E-state index contributed by atoms with van der Waals surface area (Å²) < 4.78 is 20.9. The van der Waals surface area contributed by atoms with Gasteiger partial charge in [0.1, 0.15) is 17.4 Å². The molecule has 1 aliphatic rings. The van der Waals surface area contributed by atoms with Gasteiger partial charge in [0.25, 0.3) is 5.91 Å². The Hall–Kier alpha value is -3.65. The molecule has 4 heterocycles. The zero-order chi connectivity index (χ0) is 21.2. The molecule has 0 aliphatic carbocycles. The van der Waals surface area contributed by atoms with Crippen LogP contribution in [0.2, 0.25) is 0 Å². The van der Waals surface area contributed by atoms with Crippen LogP contribution in [-0.2, 0) is 11.3 Å². The Morgan fingerprint density at radius 3 is 2.81 bits per heavy atom. The maximum atomic E-state index is 13.2. The van der Waals surface area contributed by atoms with Crippen molar-refractivity contribution in [2.75, 3.05) is 19.7 Å². The van der Waals surface area contributed by atoms with Crippen molar-refractivity contribution in [3.8, 4) is 0 Å². The number of rotatable bonds is 4. The zero-order valence-electron chi connectivity index (χ0n) is 16.7. The number of aromatic nitrogens is 4. The number of pyridine rings is 2. The van der Waals surface area contributed by atoms with Gasteiger partial charge in [0.05, 0.1) is 37.3 Å². The topological polar surface area (TPSA) is 73.1 Å². The van der Waals surface area contributed by atoms with Gasteiger partial charge in [-0.25, -0.2) is 14.4 Å². The molecule has 0 saturated carbocycles. The first-order valence-electron chi connectivity index (χ1n) is 10.0. The first-order chi connectivity index (χ1) is 15.2. The third-order valence-corrected chi connectivity index (χ3v) is 5.36. The van der Waals surface area contributed by atoms with Gasteiger partial charge in [0.15, 0.2) is 5.65 Å². The van der Waals surface area contributed by atoms with Crippen LogP contribution in [0.5, 0.6) is 0 Å². The van der Waals surface area contributed by atoms with Crippen LogP contribution in [0.4, 0.5) is 4.39 Å². The van der Waals surface area contributed by atoms with Gasteiger partial charge in [-0.3, -0.25) is 9.78 Å². The van der Waals surface area contributed by atoms with Crippen molar-refractivity contribution in [2.24, 2.45) is 0 Å². The lowest BCUT2D eigenvalue weighted by atomic mass is 10.1. The SMILES string of the molecule is O=C(c1cnc2c(c1)ncn2Cc1ccccn1)N1CCOC(c2ccc(F)cc2)C1. The van der Waals surface area contributed by atoms with Crippen LogP contribution < -0.4 is 0 Å². The summed E-state index contributed by atoms with van der Waals surface area (Å²) in [5, 5.41) is 0. The van der Waals surface area contributed by atoms with E-state index >= 15 is 0 Å². The predicted octanol–water partition coefficient (Wildman–Crippen LogP) is 3.23. The summed E-state index contributed by atoms with van der Waals surface area (Å²) in [6.07, 6.45) is 4.76. The number of hydrogen-bond acceptors (Lipinski definition) is 5. The summed E-state index contributed by atoms with van der Waals surface area (Å²) in [5.41, 5.74) is 3.60. The molecule has 1 fully saturated rings. The minimum absolute atomic E-state index is 0.121. The molecule has 1 saturated heterocycles. The normalized spacial score (nSPS) is 16.5. The van der Waals surface area contributed by atoms with Gasteiger partial charge in [0.2, 0.25) is 0 Å². The number of benzene rings is 1. The highest BCUT2D eigenvalue weighted by Crippen LogP contribution is 2.24. The largest absolute Gasteiger partial charge is 0.370 e. The van der Waals surface area contributed by atoms with E-state index in [9.17, 15) is 9.18 Å². The second-order valence-corrected chi connectivity index (χ2v) is 7.42. The van der Waals surface area contributed by atoms with Gasteiger partial charge < -0.3 is 14.2 Å². The third-order valence-electron chi connectivity index (χ3n) is 5.36. The molecule has 8 heteroatoms. The molecule has 1 aliphatic heterocycles. The van der Waals surface area contributed by atoms with Crippen molar-refractivity contribution < 1.29 is 13.9 Å². The van der Waals surface area contributed by atoms with Crippen LogP contribution in [0, 0.1) is 5.82 Å². The maximum absolute atomic E-state index is 13.2. The molecule has 0 radical (unpaired) electrons. The molecule has 0 N–H and O–H groups in total. The lowest BCUT2D eigenvalue weighted by Crippen LogP contribution is -2.42. The highest BCUT2D eigenvalue weighted by molar-refractivity contribution is 5.96. The first kappa shape index (κ1) is 19.3. The molecule has 1 unspecified atom stereocenters. The number of fused-ring (bicyclic) bond motifs is 1. The van der Waals surface area contributed by atoms with E-state index in [1.165, 1.54) is 12.1 Å². The van der Waals surface area contributed by atoms with E-state index in [1.807, 2.05) is 22.8 Å². The molecular formula is C23H20FN5O2. The van der Waals surface area contributed by atoms with Gasteiger partial charge in [-0.15, -0.1) is 0 Å². The van der Waals surface area contributed by atoms with E-state index in [1.54, 1.807) is 41.8 Å². The van der Waals surface area contributed by atoms with Gasteiger partial charge in [-0.05, 0) is 35.9 Å². The Morgan fingerprint density at radius 1 is 1.13 bits per heavy atom. The van der Waals surface area contributed by atoms with Crippen LogP contribution >= 0.6 is 0 Å². The molecule has 4 aromatic rings. The summed E-state index contributed by atoms with van der Waals surface area (Å²) in [5.74, 6) is -0.418. The standard InChI is InChI=1S/C23H20FN5O2/c24-18-6-4-16(5-7-18)21-14-28(9-10-31-21)23(30)17-11-20-22(26-12-17)29(15-27-20)13-19-3-1-2-8-25-19/h1-8,11-12,15,21H,9-10,13-14H2. The summed E-state index contributed by atoms with van der Waals surface area (Å²) >= 11 is 0. The van der Waals surface area contributed by atoms with Crippen molar-refractivity contribution in [3.63, 3.8) is 0 Å². The van der Waals surface area contributed by atoms with Crippen LogP contribution in [0.3, 0.4) is 0 Å². The Kier molecular flexibility index (Phi) is 5.13. The number of hydrogen-bond donors (Lipinski definition) is 0. The summed E-state index contributed by atoms with van der Waals surface area (Å²) in [4.78, 5) is 28.1. The average molecular weight is 417 g/mol. The van der Waals surface area contributed by atoms with Gasteiger partial charge in [0, 0.05) is 18.9 Å². The number of amides is 1. The molecule has 1 amide bonds. The monoisotopic (exact) mass is 417 g/mol. The Labute approximate surface area is 178 Å². The van der Waals surface area contributed by atoms with Crippen molar-refractivity contribution >= 4 is 17.1 Å². The van der Waals surface area contributed by atoms with Crippen LogP contribution in [-0.4, -0.2) is 50.0 Å². The molecule has 7 nitrogen and oxygen atoms in total. The van der Waals surface area contributed by atoms with Crippen molar-refractivity contribution in [3.05, 3.63) is 89.9 Å². The van der Waals surface area contributed by atoms with E-state index < -0.39 is 0 Å². The van der Waals surface area contributed by atoms with Crippen LogP contribution in [0.1, 0.15) is 27.7 Å². The summed E-state index contributed by atoms with van der Waals surface area (Å²) in [6.45, 7) is 1.86. The number of imidazole rings is 1. The number of carbonyl (C=O) groups excluding carboxylic acids is 1. The highest BCUT2D eigenvalue weighted by atomic mass is 19.1. The van der Waals surface area contributed by atoms with E-state index in [4.69, 9.17) is 4.74 Å². The lowest BCUT2D eigenvalue weighted by molar-refractivity contribution is -0.0228. The number of carbonyl (C=O) groups is 1. The van der Waals surface area contributed by atoms with Gasteiger partial charge in [-0.2, -0.15) is 0 Å². The number of nitrogens with zero attached hydrogens (tertiary/aromatic N) is 5. The molecule has 1 atom stereocenters. The molecule has 31 heavy (non-hydrogen) atoms. The molecular weight excluding hydrogens is 397 g/mol. The van der Waals surface area contributed by atoms with Crippen molar-refractivity contribution in [1.29, 1.82) is 0 Å². The molecule has 0 spiro atoms. The summed E-state index contributed by atoms with van der Waals surface area (Å²) in [6, 6.07) is 13.7. The lowest BCUT2D eigenvalue weighted by Gasteiger charge is -2.33. The van der Waals surface area contributed by atoms with Crippen LogP contribution in [0.15, 0.2) is 67.3 Å². The average Bonchev–Trinajstić information content (AvgIpc) is 3.22. The highest BCUT2D eigenvalue weighted by Gasteiger charge is 2.26. The van der Waals surface area contributed by atoms with E-state index in [-0.39, 0.29) is 17.8 Å².